The highest BCUT2D eigenvalue weighted by Gasteiger charge is 2.59. The zero-order chi connectivity index (χ0) is 45.7. The van der Waals surface area contributed by atoms with E-state index in [-0.39, 0.29) is 46.3 Å². The Balaban J connectivity index is 1.02. The maximum atomic E-state index is 16.2. The summed E-state index contributed by atoms with van der Waals surface area (Å²) in [5.41, 5.74) is 4.22. The van der Waals surface area contributed by atoms with Crippen LogP contribution in [0.25, 0.3) is 39.0 Å². The molecular weight excluding hydrogens is 847 g/mol. The summed E-state index contributed by atoms with van der Waals surface area (Å²) < 4.78 is 50.5. The van der Waals surface area contributed by atoms with Crippen molar-refractivity contribution in [1.82, 2.24) is 48.3 Å². The van der Waals surface area contributed by atoms with E-state index in [9.17, 15) is 9.59 Å². The van der Waals surface area contributed by atoms with Crippen molar-refractivity contribution >= 4 is 27.7 Å². The van der Waals surface area contributed by atoms with Crippen LogP contribution >= 0.6 is 0 Å². The van der Waals surface area contributed by atoms with Gasteiger partial charge in [-0.25, -0.2) is 23.1 Å². The summed E-state index contributed by atoms with van der Waals surface area (Å²) in [6, 6.07) is 14.3. The van der Waals surface area contributed by atoms with Gasteiger partial charge in [0, 0.05) is 55.0 Å². The van der Waals surface area contributed by atoms with Gasteiger partial charge in [0.2, 0.25) is 0 Å². The topological polar surface area (TPSA) is 156 Å². The number of nitrogens with one attached hydrogen (secondary N) is 1. The highest BCUT2D eigenvalue weighted by atomic mass is 19.1. The maximum absolute atomic E-state index is 16.2. The highest BCUT2D eigenvalue weighted by molar-refractivity contribution is 6.00. The number of imidazole rings is 1. The Labute approximate surface area is 376 Å². The van der Waals surface area contributed by atoms with Crippen molar-refractivity contribution in [3.63, 3.8) is 0 Å². The molecule has 5 atom stereocenters. The maximum Gasteiger partial charge on any atom is 0.438 e. The molecule has 1 amide bonds. The fraction of sp³-hybridized carbons (Fsp3) is 0.388. The molecule has 12 rings (SSSR count). The molecule has 4 aliphatic rings. The van der Waals surface area contributed by atoms with Gasteiger partial charge in [-0.05, 0) is 131 Å². The molecule has 15 nitrogen and oxygen atoms in total. The molecule has 8 heterocycles. The number of benzene rings is 3. The first kappa shape index (κ1) is 40.6. The van der Waals surface area contributed by atoms with E-state index in [0.29, 0.717) is 77.5 Å². The van der Waals surface area contributed by atoms with Crippen molar-refractivity contribution in [1.29, 1.82) is 0 Å². The summed E-state index contributed by atoms with van der Waals surface area (Å²) in [6.45, 7) is 10.3. The van der Waals surface area contributed by atoms with Crippen molar-refractivity contribution in [2.45, 2.75) is 102 Å². The molecule has 3 fully saturated rings. The lowest BCUT2D eigenvalue weighted by Crippen LogP contribution is -2.43. The van der Waals surface area contributed by atoms with E-state index in [0.717, 1.165) is 29.4 Å². The Kier molecular flexibility index (Phi) is 8.65. The summed E-state index contributed by atoms with van der Waals surface area (Å²) >= 11 is 0. The SMILES string of the molecule is Cc1cc(-n2nc3c(c2-n2ccn(-c4ccc5c(cnn5C)c4F)c2=O)[C@H]2CC[C@@H](C3)N2C(=O)c2cc3cc([C@H]4CCOC(C)(C)C4)ccc3n2[C@@]2(c3noc(=O)[nH]3)C[C@@H]2C)cc(C)c1F. The number of aromatic amines is 1. The number of ether oxygens (including phenoxy) is 1. The largest absolute Gasteiger partial charge is 0.438 e. The third-order valence-corrected chi connectivity index (χ3v) is 15.0. The Morgan fingerprint density at radius 1 is 0.924 bits per heavy atom. The average molecular weight is 895 g/mol. The lowest BCUT2D eigenvalue weighted by Gasteiger charge is -2.36. The van der Waals surface area contributed by atoms with Crippen LogP contribution in [-0.2, 0) is 23.7 Å². The zero-order valence-corrected chi connectivity index (χ0v) is 37.4. The standard InChI is InChI=1S/C49H48F2N10O5/c1-25-17-32(18-26(2)41(25)50)61-43(58-15-14-57(47(58)64)38-12-11-36-33(42(38)51)24-52-56(36)6)40-34(54-61)21-31-8-10-37(40)59(31)44(62)39-20-30-19-28(29-13-16-65-48(4,5)23-29)7-9-35(30)60(39)49(22-27(49)3)45-53-46(63)66-55-45/h7,9,11-12,14-15,17-20,24,27,29,31,37H,8,10,13,16,21-23H2,1-6H3,(H,53,55,63)/t27-,29-,31-,37+,49-/m0/s1. The van der Waals surface area contributed by atoms with Crippen molar-refractivity contribution in [3.05, 3.63) is 139 Å². The number of nitrogens with zero attached hydrogens (tertiary/aromatic N) is 9. The summed E-state index contributed by atoms with van der Waals surface area (Å²) in [7, 11) is 1.72. The molecule has 3 aromatic carbocycles. The number of aryl methyl sites for hydroxylation is 3. The van der Waals surface area contributed by atoms with Gasteiger partial charge in [0.25, 0.3) is 5.91 Å². The molecule has 3 aliphatic heterocycles. The minimum Gasteiger partial charge on any atom is -0.376 e. The number of hydrogen-bond acceptors (Lipinski definition) is 8. The normalized spacial score (nSPS) is 23.3. The second-order valence-corrected chi connectivity index (χ2v) is 19.5. The molecule has 5 aromatic heterocycles. The average Bonchev–Trinajstić information content (AvgIpc) is 3.99. The van der Waals surface area contributed by atoms with Crippen molar-refractivity contribution in [2.24, 2.45) is 13.0 Å². The molecule has 2 saturated heterocycles. The Morgan fingerprint density at radius 3 is 2.41 bits per heavy atom. The van der Waals surface area contributed by atoms with Gasteiger partial charge in [-0.3, -0.25) is 28.1 Å². The third kappa shape index (κ3) is 5.80. The van der Waals surface area contributed by atoms with Crippen LogP contribution in [0.4, 0.5) is 8.78 Å². The Morgan fingerprint density at radius 2 is 1.68 bits per heavy atom. The first-order valence-electron chi connectivity index (χ1n) is 22.6. The monoisotopic (exact) mass is 894 g/mol. The molecule has 1 saturated carbocycles. The number of fused-ring (bicyclic) bond motifs is 6. The molecule has 2 bridgehead atoms. The number of H-pyrrole nitrogens is 1. The molecule has 1 aliphatic carbocycles. The predicted molar refractivity (Wildman–Crippen MR) is 240 cm³/mol. The van der Waals surface area contributed by atoms with E-state index in [1.165, 1.54) is 27.1 Å². The third-order valence-electron chi connectivity index (χ3n) is 15.0. The quantitative estimate of drug-likeness (QED) is 0.172. The highest BCUT2D eigenvalue weighted by Crippen LogP contribution is 2.57. The van der Waals surface area contributed by atoms with Gasteiger partial charge >= 0.3 is 11.4 Å². The number of amides is 1. The van der Waals surface area contributed by atoms with Gasteiger partial charge in [0.1, 0.15) is 22.9 Å². The van der Waals surface area contributed by atoms with E-state index < -0.39 is 28.8 Å². The lowest BCUT2D eigenvalue weighted by molar-refractivity contribution is -0.0592. The van der Waals surface area contributed by atoms with Gasteiger partial charge in [-0.15, -0.1) is 0 Å². The van der Waals surface area contributed by atoms with Crippen molar-refractivity contribution in [3.8, 4) is 17.2 Å². The van der Waals surface area contributed by atoms with Gasteiger partial charge in [0.15, 0.2) is 11.6 Å². The number of halogens is 2. The predicted octanol–water partition coefficient (Wildman–Crippen LogP) is 7.58. The Hall–Kier alpha value is -6.88. The summed E-state index contributed by atoms with van der Waals surface area (Å²) in [5.74, 6) is -0.764. The molecule has 1 N–H and O–H groups in total. The number of aromatic nitrogens is 9. The summed E-state index contributed by atoms with van der Waals surface area (Å²) in [5, 5.41) is 14.7. The second kappa shape index (κ2) is 14.1. The van der Waals surface area contributed by atoms with E-state index in [1.807, 2.05) is 11.0 Å². The van der Waals surface area contributed by atoms with E-state index in [4.69, 9.17) is 14.4 Å². The Bertz CT molecular complexity index is 3450. The number of carbonyl (C=O) groups is 1. The first-order chi connectivity index (χ1) is 31.6. The van der Waals surface area contributed by atoms with E-state index in [2.05, 4.69) is 58.8 Å². The molecule has 0 spiro atoms. The molecule has 66 heavy (non-hydrogen) atoms. The minimum absolute atomic E-state index is 0.00752. The van der Waals surface area contributed by atoms with Crippen molar-refractivity contribution < 1.29 is 22.8 Å². The van der Waals surface area contributed by atoms with Crippen LogP contribution in [0.3, 0.4) is 0 Å². The molecule has 8 aromatic rings. The van der Waals surface area contributed by atoms with Crippen LogP contribution in [0.5, 0.6) is 0 Å². The van der Waals surface area contributed by atoms with Crippen LogP contribution < -0.4 is 11.4 Å². The first-order valence-corrected chi connectivity index (χ1v) is 22.6. The van der Waals surface area contributed by atoms with Crippen LogP contribution in [0, 0.1) is 31.4 Å². The molecular formula is C49H48F2N10O5. The van der Waals surface area contributed by atoms with Gasteiger partial charge in [-0.2, -0.15) is 10.2 Å². The van der Waals surface area contributed by atoms with E-state index in [1.54, 1.807) is 60.7 Å². The smallest absolute Gasteiger partial charge is 0.376 e. The fourth-order valence-electron chi connectivity index (χ4n) is 11.7. The molecule has 0 unspecified atom stereocenters. The van der Waals surface area contributed by atoms with Crippen molar-refractivity contribution in [2.75, 3.05) is 6.61 Å². The van der Waals surface area contributed by atoms with E-state index >= 15 is 13.6 Å². The molecule has 17 heteroatoms. The second-order valence-electron chi connectivity index (χ2n) is 19.5. The number of hydrogen-bond donors (Lipinski definition) is 1. The van der Waals surface area contributed by atoms with Crippen LogP contribution in [0.2, 0.25) is 0 Å². The van der Waals surface area contributed by atoms with Gasteiger partial charge in [0.05, 0.1) is 45.8 Å². The molecule has 338 valence electrons. The lowest BCUT2D eigenvalue weighted by atomic mass is 9.83. The van der Waals surface area contributed by atoms with Crippen LogP contribution in [0.15, 0.2) is 81.2 Å². The minimum atomic E-state index is -0.847. The van der Waals surface area contributed by atoms with Crippen LogP contribution in [0.1, 0.15) is 109 Å². The summed E-state index contributed by atoms with van der Waals surface area (Å²) in [4.78, 5) is 47.8. The van der Waals surface area contributed by atoms with Gasteiger partial charge in [-0.1, -0.05) is 18.1 Å². The number of carbonyl (C=O) groups excluding carboxylic acids is 1. The fourth-order valence-corrected chi connectivity index (χ4v) is 11.7. The van der Waals surface area contributed by atoms with Crippen LogP contribution in [-0.4, -0.2) is 72.5 Å². The zero-order valence-electron chi connectivity index (χ0n) is 37.4. The molecule has 0 radical (unpaired) electrons. The summed E-state index contributed by atoms with van der Waals surface area (Å²) in [6.07, 6.45) is 8.60. The number of rotatable bonds is 7. The van der Waals surface area contributed by atoms with Gasteiger partial charge < -0.3 is 14.2 Å².